The monoisotopic (exact) mass is 293 g/mol. The van der Waals surface area contributed by atoms with Gasteiger partial charge in [-0.15, -0.1) is 0 Å². The molecule has 116 valence electrons. The van der Waals surface area contributed by atoms with Gasteiger partial charge in [0, 0.05) is 18.9 Å². The molecule has 2 heterocycles. The Labute approximate surface area is 125 Å². The second-order valence-electron chi connectivity index (χ2n) is 7.17. The van der Waals surface area contributed by atoms with Crippen LogP contribution >= 0.6 is 0 Å². The summed E-state index contributed by atoms with van der Waals surface area (Å²) in [6, 6.07) is 0.0596. The molecular weight excluding hydrogens is 270 g/mol. The van der Waals surface area contributed by atoms with Crippen molar-refractivity contribution in [1.29, 1.82) is 0 Å². The van der Waals surface area contributed by atoms with Crippen LogP contribution in [0.15, 0.2) is 0 Å². The first-order chi connectivity index (χ1) is 10.1. The number of amides is 2. The zero-order chi connectivity index (χ0) is 14.6. The molecule has 2 unspecified atom stereocenters. The van der Waals surface area contributed by atoms with Gasteiger partial charge in [0.1, 0.15) is 0 Å². The number of carbonyl (C=O) groups excluding carboxylic acids is 2. The largest absolute Gasteiger partial charge is 0.348 e. The maximum Gasteiger partial charge on any atom is 0.233 e. The molecule has 5 nitrogen and oxygen atoms in total. The highest BCUT2D eigenvalue weighted by atomic mass is 16.7. The van der Waals surface area contributed by atoms with Crippen LogP contribution in [0.4, 0.5) is 0 Å². The van der Waals surface area contributed by atoms with Crippen LogP contribution < -0.4 is 0 Å². The maximum absolute atomic E-state index is 12.6. The Kier molecular flexibility index (Phi) is 3.12. The van der Waals surface area contributed by atoms with Gasteiger partial charge in [-0.25, -0.2) is 0 Å². The summed E-state index contributed by atoms with van der Waals surface area (Å²) in [7, 11) is 0. The Balaban J connectivity index is 1.46. The summed E-state index contributed by atoms with van der Waals surface area (Å²) in [5, 5.41) is 0. The van der Waals surface area contributed by atoms with Crippen molar-refractivity contribution in [3.8, 4) is 0 Å². The molecule has 0 N–H and O–H groups in total. The van der Waals surface area contributed by atoms with Crippen LogP contribution in [0.5, 0.6) is 0 Å². The van der Waals surface area contributed by atoms with Gasteiger partial charge in [0.2, 0.25) is 11.8 Å². The summed E-state index contributed by atoms with van der Waals surface area (Å²) < 4.78 is 11.4. The molecular formula is C16H23NO4. The van der Waals surface area contributed by atoms with Gasteiger partial charge in [0.15, 0.2) is 5.79 Å². The average Bonchev–Trinajstić information content (AvgIpc) is 3.13. The number of likely N-dealkylation sites (tertiary alicyclic amines) is 1. The van der Waals surface area contributed by atoms with E-state index in [0.29, 0.717) is 19.1 Å². The minimum atomic E-state index is -0.424. The zero-order valence-corrected chi connectivity index (χ0v) is 12.5. The molecule has 4 fully saturated rings. The molecule has 0 aromatic rings. The highest BCUT2D eigenvalue weighted by Gasteiger charge is 2.54. The minimum Gasteiger partial charge on any atom is -0.348 e. The molecule has 4 aliphatic rings. The van der Waals surface area contributed by atoms with Crippen LogP contribution in [-0.2, 0) is 19.1 Å². The summed E-state index contributed by atoms with van der Waals surface area (Å²) >= 11 is 0. The first-order valence-corrected chi connectivity index (χ1v) is 8.24. The molecule has 0 aromatic heterocycles. The van der Waals surface area contributed by atoms with Gasteiger partial charge in [0.05, 0.1) is 25.0 Å². The number of nitrogens with zero attached hydrogens (tertiary/aromatic N) is 1. The second kappa shape index (κ2) is 4.78. The topological polar surface area (TPSA) is 55.8 Å². The number of fused-ring (bicyclic) bond motifs is 1. The number of hydrogen-bond donors (Lipinski definition) is 0. The van der Waals surface area contributed by atoms with Crippen molar-refractivity contribution in [3.63, 3.8) is 0 Å². The van der Waals surface area contributed by atoms with E-state index in [-0.39, 0.29) is 29.7 Å². The van der Waals surface area contributed by atoms with Crippen molar-refractivity contribution in [1.82, 2.24) is 4.90 Å². The van der Waals surface area contributed by atoms with Crippen molar-refractivity contribution in [2.24, 2.45) is 17.8 Å². The summed E-state index contributed by atoms with van der Waals surface area (Å²) in [6.07, 6.45) is 4.98. The molecule has 2 saturated heterocycles. The van der Waals surface area contributed by atoms with E-state index in [9.17, 15) is 9.59 Å². The highest BCUT2D eigenvalue weighted by molar-refractivity contribution is 6.05. The zero-order valence-electron chi connectivity index (χ0n) is 12.5. The second-order valence-corrected chi connectivity index (χ2v) is 7.17. The fourth-order valence-corrected chi connectivity index (χ4v) is 4.75. The molecule has 4 rings (SSSR count). The molecule has 0 aromatic carbocycles. The molecule has 2 saturated carbocycles. The molecule has 2 aliphatic carbocycles. The van der Waals surface area contributed by atoms with Crippen LogP contribution in [0.2, 0.25) is 0 Å². The van der Waals surface area contributed by atoms with Gasteiger partial charge in [-0.3, -0.25) is 14.5 Å². The molecule has 5 heteroatoms. The fourth-order valence-electron chi connectivity index (χ4n) is 4.75. The molecule has 0 bridgehead atoms. The Hall–Kier alpha value is -0.940. The van der Waals surface area contributed by atoms with Crippen molar-refractivity contribution in [3.05, 3.63) is 0 Å². The van der Waals surface area contributed by atoms with Gasteiger partial charge in [-0.1, -0.05) is 6.92 Å². The lowest BCUT2D eigenvalue weighted by atomic mass is 9.89. The van der Waals surface area contributed by atoms with E-state index >= 15 is 0 Å². The Morgan fingerprint density at radius 2 is 1.52 bits per heavy atom. The molecule has 21 heavy (non-hydrogen) atoms. The van der Waals surface area contributed by atoms with Crippen molar-refractivity contribution in [2.75, 3.05) is 13.2 Å². The first-order valence-electron chi connectivity index (χ1n) is 8.24. The SMILES string of the molecule is CC1CC2C(=O)N(C3CCC4(CC3)OCCO4)C(=O)C2C1. The van der Waals surface area contributed by atoms with Crippen molar-refractivity contribution in [2.45, 2.75) is 57.3 Å². The number of rotatable bonds is 1. The number of carbonyl (C=O) groups is 2. The third kappa shape index (κ3) is 2.05. The van der Waals surface area contributed by atoms with E-state index in [2.05, 4.69) is 6.92 Å². The predicted molar refractivity (Wildman–Crippen MR) is 74.1 cm³/mol. The van der Waals surface area contributed by atoms with E-state index in [1.54, 1.807) is 4.90 Å². The van der Waals surface area contributed by atoms with Crippen LogP contribution in [-0.4, -0.2) is 41.8 Å². The van der Waals surface area contributed by atoms with Crippen molar-refractivity contribution >= 4 is 11.8 Å². The minimum absolute atomic E-state index is 0.0395. The smallest absolute Gasteiger partial charge is 0.233 e. The van der Waals surface area contributed by atoms with Crippen LogP contribution in [0.3, 0.4) is 0 Å². The average molecular weight is 293 g/mol. The fraction of sp³-hybridized carbons (Fsp3) is 0.875. The number of imide groups is 1. The van der Waals surface area contributed by atoms with E-state index in [1.165, 1.54) is 0 Å². The molecule has 2 aliphatic heterocycles. The Morgan fingerprint density at radius 3 is 2.05 bits per heavy atom. The molecule has 0 radical (unpaired) electrons. The third-order valence-corrected chi connectivity index (χ3v) is 5.80. The highest BCUT2D eigenvalue weighted by Crippen LogP contribution is 2.46. The lowest BCUT2D eigenvalue weighted by molar-refractivity contribution is -0.186. The third-order valence-electron chi connectivity index (χ3n) is 5.80. The molecule has 2 amide bonds. The summed E-state index contributed by atoms with van der Waals surface area (Å²) in [5.74, 6) is 0.175. The van der Waals surface area contributed by atoms with Crippen LogP contribution in [0.1, 0.15) is 45.4 Å². The van der Waals surface area contributed by atoms with E-state index < -0.39 is 5.79 Å². The summed E-state index contributed by atoms with van der Waals surface area (Å²) in [4.78, 5) is 26.8. The van der Waals surface area contributed by atoms with Gasteiger partial charge < -0.3 is 9.47 Å². The van der Waals surface area contributed by atoms with Gasteiger partial charge in [-0.05, 0) is 31.6 Å². The lowest BCUT2D eigenvalue weighted by Crippen LogP contribution is -2.47. The molecule has 2 atom stereocenters. The summed E-state index contributed by atoms with van der Waals surface area (Å²) in [6.45, 7) is 3.46. The first kappa shape index (κ1) is 13.7. The van der Waals surface area contributed by atoms with E-state index in [4.69, 9.17) is 9.47 Å². The predicted octanol–water partition coefficient (Wildman–Crippen LogP) is 1.70. The van der Waals surface area contributed by atoms with Crippen molar-refractivity contribution < 1.29 is 19.1 Å². The quantitative estimate of drug-likeness (QED) is 0.691. The maximum atomic E-state index is 12.6. The standard InChI is InChI=1S/C16H23NO4/c1-10-8-12-13(9-10)15(19)17(14(12)18)11-2-4-16(5-3-11)20-6-7-21-16/h10-13H,2-9H2,1H3. The van der Waals surface area contributed by atoms with Gasteiger partial charge in [0.25, 0.3) is 0 Å². The normalized spacial score (nSPS) is 39.5. The van der Waals surface area contributed by atoms with Gasteiger partial charge >= 0.3 is 0 Å². The molecule has 1 spiro atoms. The van der Waals surface area contributed by atoms with Crippen LogP contribution in [0.25, 0.3) is 0 Å². The Bertz CT molecular complexity index is 437. The van der Waals surface area contributed by atoms with Gasteiger partial charge in [-0.2, -0.15) is 0 Å². The van der Waals surface area contributed by atoms with E-state index in [1.807, 2.05) is 0 Å². The number of ether oxygens (including phenoxy) is 2. The Morgan fingerprint density at radius 1 is 1.00 bits per heavy atom. The lowest BCUT2D eigenvalue weighted by Gasteiger charge is -2.38. The van der Waals surface area contributed by atoms with Crippen LogP contribution in [0, 0.1) is 17.8 Å². The van der Waals surface area contributed by atoms with E-state index in [0.717, 1.165) is 38.5 Å². The summed E-state index contributed by atoms with van der Waals surface area (Å²) in [5.41, 5.74) is 0. The number of hydrogen-bond acceptors (Lipinski definition) is 4.